The van der Waals surface area contributed by atoms with Gasteiger partial charge in [-0.25, -0.2) is 0 Å². The first-order chi connectivity index (χ1) is 9.76. The first-order valence-corrected chi connectivity index (χ1v) is 6.34. The Hall–Kier alpha value is -2.19. The number of nitrogens with zero attached hydrogens (tertiary/aromatic N) is 4. The number of aromatic nitrogens is 4. The number of hydrazine groups is 1. The summed E-state index contributed by atoms with van der Waals surface area (Å²) >= 11 is 0. The van der Waals surface area contributed by atoms with Crippen molar-refractivity contribution in [3.63, 3.8) is 0 Å². The van der Waals surface area contributed by atoms with E-state index >= 15 is 0 Å². The van der Waals surface area contributed by atoms with E-state index in [4.69, 9.17) is 15.3 Å². The van der Waals surface area contributed by atoms with Gasteiger partial charge in [0.05, 0.1) is 13.1 Å². The average molecular weight is 276 g/mol. The molecule has 1 aromatic heterocycles. The second-order valence-corrected chi connectivity index (χ2v) is 4.59. The maximum Gasteiger partial charge on any atom is 0.176 e. The third-order valence-electron chi connectivity index (χ3n) is 3.15. The molecule has 106 valence electrons. The Balaban J connectivity index is 1.71. The van der Waals surface area contributed by atoms with Gasteiger partial charge in [0.2, 0.25) is 0 Å². The van der Waals surface area contributed by atoms with Crippen LogP contribution in [0.4, 0.5) is 0 Å². The van der Waals surface area contributed by atoms with Crippen molar-refractivity contribution in [2.24, 2.45) is 12.9 Å². The highest BCUT2D eigenvalue weighted by molar-refractivity contribution is 5.40. The maximum atomic E-state index is 5.91. The number of para-hydroxylation sites is 2. The van der Waals surface area contributed by atoms with Crippen LogP contribution >= 0.6 is 0 Å². The van der Waals surface area contributed by atoms with E-state index in [0.717, 1.165) is 11.5 Å². The molecule has 0 amide bonds. The first kappa shape index (κ1) is 12.8. The predicted octanol–water partition coefficient (Wildman–Crippen LogP) is -0.575. The molecule has 0 spiro atoms. The van der Waals surface area contributed by atoms with E-state index < -0.39 is 0 Å². The molecule has 0 saturated heterocycles. The fourth-order valence-corrected chi connectivity index (χ4v) is 2.13. The first-order valence-electron chi connectivity index (χ1n) is 6.34. The van der Waals surface area contributed by atoms with E-state index in [1.54, 1.807) is 7.05 Å². The number of fused-ring (bicyclic) bond motifs is 1. The van der Waals surface area contributed by atoms with Crippen molar-refractivity contribution in [2.45, 2.75) is 18.6 Å². The molecule has 8 nitrogen and oxygen atoms in total. The Morgan fingerprint density at radius 3 is 2.95 bits per heavy atom. The molecule has 2 aromatic rings. The number of hydrogen-bond acceptors (Lipinski definition) is 7. The largest absolute Gasteiger partial charge is 0.486 e. The van der Waals surface area contributed by atoms with Gasteiger partial charge in [-0.1, -0.05) is 12.1 Å². The van der Waals surface area contributed by atoms with Crippen molar-refractivity contribution >= 4 is 0 Å². The van der Waals surface area contributed by atoms with E-state index in [2.05, 4.69) is 20.8 Å². The van der Waals surface area contributed by atoms with Gasteiger partial charge in [0.1, 0.15) is 12.7 Å². The minimum Gasteiger partial charge on any atom is -0.486 e. The van der Waals surface area contributed by atoms with Gasteiger partial charge >= 0.3 is 0 Å². The summed E-state index contributed by atoms with van der Waals surface area (Å²) in [5, 5.41) is 11.9. The van der Waals surface area contributed by atoms with E-state index in [1.807, 2.05) is 24.3 Å². The number of rotatable bonds is 4. The fourth-order valence-electron chi connectivity index (χ4n) is 2.13. The number of nitrogens with one attached hydrogen (secondary N) is 1. The maximum absolute atomic E-state index is 5.91. The third kappa shape index (κ3) is 2.56. The Morgan fingerprint density at radius 2 is 2.25 bits per heavy atom. The summed E-state index contributed by atoms with van der Waals surface area (Å²) in [5.41, 5.74) is 2.74. The highest BCUT2D eigenvalue weighted by atomic mass is 16.6. The van der Waals surface area contributed by atoms with Gasteiger partial charge in [-0.2, -0.15) is 4.80 Å². The molecule has 0 radical (unpaired) electrons. The molecule has 20 heavy (non-hydrogen) atoms. The van der Waals surface area contributed by atoms with E-state index in [0.29, 0.717) is 18.9 Å². The lowest BCUT2D eigenvalue weighted by atomic mass is 10.1. The van der Waals surface area contributed by atoms with E-state index in [9.17, 15) is 0 Å². The fraction of sp³-hybridized carbons (Fsp3) is 0.417. The zero-order chi connectivity index (χ0) is 13.9. The molecule has 2 atom stereocenters. The number of benzene rings is 1. The third-order valence-corrected chi connectivity index (χ3v) is 3.15. The Morgan fingerprint density at radius 1 is 1.45 bits per heavy atom. The lowest BCUT2D eigenvalue weighted by Gasteiger charge is -2.31. The van der Waals surface area contributed by atoms with Crippen LogP contribution < -0.4 is 20.7 Å². The molecule has 0 aliphatic carbocycles. The summed E-state index contributed by atoms with van der Waals surface area (Å²) in [5.74, 6) is 7.69. The van der Waals surface area contributed by atoms with Crippen LogP contribution in [-0.4, -0.2) is 39.0 Å². The standard InChI is InChI=1S/C12H16N6O2/c1-18-16-12(15-17-18)6-8(14-13)11-7-19-9-4-2-3-5-10(9)20-11/h2-5,8,11,14H,6-7,13H2,1H3. The van der Waals surface area contributed by atoms with Crippen LogP contribution in [0.3, 0.4) is 0 Å². The van der Waals surface area contributed by atoms with Gasteiger partial charge in [-0.15, -0.1) is 10.2 Å². The molecule has 2 heterocycles. The lowest BCUT2D eigenvalue weighted by molar-refractivity contribution is 0.0614. The molecular weight excluding hydrogens is 260 g/mol. The molecule has 1 aliphatic rings. The molecule has 0 bridgehead atoms. The number of hydrogen-bond donors (Lipinski definition) is 2. The molecule has 2 unspecified atom stereocenters. The highest BCUT2D eigenvalue weighted by Crippen LogP contribution is 2.31. The van der Waals surface area contributed by atoms with Crippen LogP contribution in [-0.2, 0) is 13.5 Å². The van der Waals surface area contributed by atoms with Crippen molar-refractivity contribution in [1.82, 2.24) is 25.6 Å². The van der Waals surface area contributed by atoms with Crippen LogP contribution in [0.25, 0.3) is 0 Å². The SMILES string of the molecule is Cn1nnc(CC(NN)C2COc3ccccc3O2)n1. The minimum absolute atomic E-state index is 0.160. The van der Waals surface area contributed by atoms with Gasteiger partial charge < -0.3 is 9.47 Å². The normalized spacial score (nSPS) is 18.8. The number of aryl methyl sites for hydroxylation is 1. The zero-order valence-electron chi connectivity index (χ0n) is 11.1. The predicted molar refractivity (Wildman–Crippen MR) is 70.0 cm³/mol. The molecule has 0 saturated carbocycles. The van der Waals surface area contributed by atoms with Gasteiger partial charge in [0.15, 0.2) is 17.3 Å². The average Bonchev–Trinajstić information content (AvgIpc) is 2.89. The summed E-state index contributed by atoms with van der Waals surface area (Å²) in [4.78, 5) is 1.41. The number of tetrazole rings is 1. The second kappa shape index (κ2) is 5.43. The van der Waals surface area contributed by atoms with Crippen molar-refractivity contribution in [3.8, 4) is 11.5 Å². The van der Waals surface area contributed by atoms with Crippen molar-refractivity contribution in [2.75, 3.05) is 6.61 Å². The summed E-state index contributed by atoms with van der Waals surface area (Å²) in [7, 11) is 1.72. The lowest BCUT2D eigenvalue weighted by Crippen LogP contribution is -2.51. The Bertz CT molecular complexity index is 587. The van der Waals surface area contributed by atoms with E-state index in [-0.39, 0.29) is 12.1 Å². The second-order valence-electron chi connectivity index (χ2n) is 4.59. The minimum atomic E-state index is -0.210. The van der Waals surface area contributed by atoms with Gasteiger partial charge in [0.25, 0.3) is 0 Å². The Labute approximate surface area is 115 Å². The van der Waals surface area contributed by atoms with Gasteiger partial charge in [0, 0.05) is 6.42 Å². The van der Waals surface area contributed by atoms with Gasteiger partial charge in [-0.3, -0.25) is 11.3 Å². The van der Waals surface area contributed by atoms with Crippen molar-refractivity contribution in [3.05, 3.63) is 30.1 Å². The van der Waals surface area contributed by atoms with Crippen LogP contribution in [0, 0.1) is 0 Å². The monoisotopic (exact) mass is 276 g/mol. The molecule has 8 heteroatoms. The molecule has 3 rings (SSSR count). The summed E-state index contributed by atoms with van der Waals surface area (Å²) < 4.78 is 11.6. The van der Waals surface area contributed by atoms with Crippen molar-refractivity contribution < 1.29 is 9.47 Å². The van der Waals surface area contributed by atoms with E-state index in [1.165, 1.54) is 4.80 Å². The Kier molecular flexibility index (Phi) is 3.48. The highest BCUT2D eigenvalue weighted by Gasteiger charge is 2.29. The zero-order valence-corrected chi connectivity index (χ0v) is 11.1. The smallest absolute Gasteiger partial charge is 0.176 e. The molecule has 1 aromatic carbocycles. The molecule has 0 fully saturated rings. The molecular formula is C12H16N6O2. The van der Waals surface area contributed by atoms with Crippen LogP contribution in [0.5, 0.6) is 11.5 Å². The van der Waals surface area contributed by atoms with Crippen LogP contribution in [0.15, 0.2) is 24.3 Å². The van der Waals surface area contributed by atoms with Crippen molar-refractivity contribution in [1.29, 1.82) is 0 Å². The number of nitrogens with two attached hydrogens (primary N) is 1. The summed E-state index contributed by atoms with van der Waals surface area (Å²) in [6.07, 6.45) is 0.305. The van der Waals surface area contributed by atoms with Gasteiger partial charge in [-0.05, 0) is 17.3 Å². The molecule has 1 aliphatic heterocycles. The quantitative estimate of drug-likeness (QED) is 0.569. The summed E-state index contributed by atoms with van der Waals surface area (Å²) in [6.45, 7) is 0.423. The number of ether oxygens (including phenoxy) is 2. The van der Waals surface area contributed by atoms with Crippen LogP contribution in [0.1, 0.15) is 5.82 Å². The summed E-state index contributed by atoms with van der Waals surface area (Å²) in [6, 6.07) is 7.40. The molecule has 3 N–H and O–H groups in total. The topological polar surface area (TPSA) is 100 Å². The van der Waals surface area contributed by atoms with Crippen LogP contribution in [0.2, 0.25) is 0 Å².